The van der Waals surface area contributed by atoms with Crippen LogP contribution in [0.25, 0.3) is 0 Å². The van der Waals surface area contributed by atoms with Crippen LogP contribution in [0.2, 0.25) is 0 Å². The number of carboxylic acids is 1. The van der Waals surface area contributed by atoms with Gasteiger partial charge in [0, 0.05) is 29.8 Å². The standard InChI is InChI=1S/C16H15BrN2O3/c1-19(2)12-7-8-14(13(9-12)16(21)22)18-15(20)10-3-5-11(17)6-4-10/h3-9H,1-2H3,(H,18,20)(H,21,22). The molecule has 0 atom stereocenters. The van der Waals surface area contributed by atoms with Crippen LogP contribution in [-0.4, -0.2) is 31.1 Å². The highest BCUT2D eigenvalue weighted by molar-refractivity contribution is 9.10. The highest BCUT2D eigenvalue weighted by atomic mass is 79.9. The van der Waals surface area contributed by atoms with Crippen molar-refractivity contribution in [3.05, 3.63) is 58.1 Å². The molecule has 5 nitrogen and oxygen atoms in total. The lowest BCUT2D eigenvalue weighted by atomic mass is 10.1. The molecule has 114 valence electrons. The summed E-state index contributed by atoms with van der Waals surface area (Å²) in [6.45, 7) is 0. The number of hydrogen-bond donors (Lipinski definition) is 2. The molecule has 0 aliphatic carbocycles. The van der Waals surface area contributed by atoms with Crippen molar-refractivity contribution in [3.8, 4) is 0 Å². The zero-order valence-electron chi connectivity index (χ0n) is 12.1. The van der Waals surface area contributed by atoms with Gasteiger partial charge >= 0.3 is 5.97 Å². The molecule has 2 N–H and O–H groups in total. The number of carboxylic acid groups (broad SMARTS) is 1. The number of carbonyl (C=O) groups is 2. The van der Waals surface area contributed by atoms with Gasteiger partial charge in [-0.2, -0.15) is 0 Å². The first-order valence-corrected chi connectivity index (χ1v) is 7.29. The van der Waals surface area contributed by atoms with Gasteiger partial charge in [-0.1, -0.05) is 15.9 Å². The lowest BCUT2D eigenvalue weighted by Gasteiger charge is -2.15. The van der Waals surface area contributed by atoms with Crippen molar-refractivity contribution in [2.24, 2.45) is 0 Å². The zero-order valence-corrected chi connectivity index (χ0v) is 13.7. The summed E-state index contributed by atoms with van der Waals surface area (Å²) in [4.78, 5) is 25.4. The van der Waals surface area contributed by atoms with Crippen molar-refractivity contribution in [2.45, 2.75) is 0 Å². The van der Waals surface area contributed by atoms with Crippen LogP contribution >= 0.6 is 15.9 Å². The van der Waals surface area contributed by atoms with E-state index < -0.39 is 5.97 Å². The van der Waals surface area contributed by atoms with Gasteiger partial charge in [0.25, 0.3) is 5.91 Å². The van der Waals surface area contributed by atoms with Crippen molar-refractivity contribution >= 4 is 39.2 Å². The molecule has 22 heavy (non-hydrogen) atoms. The van der Waals surface area contributed by atoms with Crippen molar-refractivity contribution in [1.29, 1.82) is 0 Å². The summed E-state index contributed by atoms with van der Waals surface area (Å²) in [5.41, 5.74) is 1.53. The maximum absolute atomic E-state index is 12.2. The number of carbonyl (C=O) groups excluding carboxylic acids is 1. The Hall–Kier alpha value is -2.34. The maximum Gasteiger partial charge on any atom is 0.337 e. The molecule has 2 aromatic rings. The number of hydrogen-bond acceptors (Lipinski definition) is 3. The minimum absolute atomic E-state index is 0.0525. The fraction of sp³-hybridized carbons (Fsp3) is 0.125. The zero-order chi connectivity index (χ0) is 16.3. The molecule has 0 aliphatic rings. The molecule has 6 heteroatoms. The van der Waals surface area contributed by atoms with E-state index in [2.05, 4.69) is 21.2 Å². The highest BCUT2D eigenvalue weighted by Gasteiger charge is 2.15. The van der Waals surface area contributed by atoms with E-state index in [-0.39, 0.29) is 17.2 Å². The summed E-state index contributed by atoms with van der Waals surface area (Å²) in [5.74, 6) is -1.44. The highest BCUT2D eigenvalue weighted by Crippen LogP contribution is 2.23. The molecular formula is C16H15BrN2O3. The van der Waals surface area contributed by atoms with Crippen LogP contribution in [0, 0.1) is 0 Å². The molecule has 2 aromatic carbocycles. The third kappa shape index (κ3) is 3.65. The molecule has 0 spiro atoms. The Bertz CT molecular complexity index is 712. The number of amides is 1. The number of halogens is 1. The van der Waals surface area contributed by atoms with Crippen molar-refractivity contribution in [1.82, 2.24) is 0 Å². The predicted molar refractivity (Wildman–Crippen MR) is 89.8 cm³/mol. The third-order valence-corrected chi connectivity index (χ3v) is 3.63. The largest absolute Gasteiger partial charge is 0.478 e. The molecule has 0 aromatic heterocycles. The summed E-state index contributed by atoms with van der Waals surface area (Å²) in [5, 5.41) is 12.0. The Kier molecular flexibility index (Phi) is 4.82. The molecule has 0 heterocycles. The molecule has 0 saturated carbocycles. The Morgan fingerprint density at radius 2 is 1.73 bits per heavy atom. The van der Waals surface area contributed by atoms with Gasteiger partial charge in [-0.3, -0.25) is 4.79 Å². The SMILES string of the molecule is CN(C)c1ccc(NC(=O)c2ccc(Br)cc2)c(C(=O)O)c1. The van der Waals surface area contributed by atoms with Crippen LogP contribution in [0.3, 0.4) is 0 Å². The molecular weight excluding hydrogens is 348 g/mol. The van der Waals surface area contributed by atoms with E-state index in [0.29, 0.717) is 5.56 Å². The second kappa shape index (κ2) is 6.62. The first-order valence-electron chi connectivity index (χ1n) is 6.50. The fourth-order valence-corrected chi connectivity index (χ4v) is 2.16. The van der Waals surface area contributed by atoms with E-state index in [1.807, 2.05) is 14.1 Å². The normalized spacial score (nSPS) is 10.1. The minimum Gasteiger partial charge on any atom is -0.478 e. The van der Waals surface area contributed by atoms with Gasteiger partial charge in [0.05, 0.1) is 11.3 Å². The molecule has 0 fully saturated rings. The lowest BCUT2D eigenvalue weighted by molar-refractivity contribution is 0.0698. The van der Waals surface area contributed by atoms with E-state index in [0.717, 1.165) is 10.2 Å². The number of nitrogens with zero attached hydrogens (tertiary/aromatic N) is 1. The van der Waals surface area contributed by atoms with E-state index in [1.165, 1.54) is 6.07 Å². The maximum atomic E-state index is 12.2. The summed E-state index contributed by atoms with van der Waals surface area (Å²) in [7, 11) is 3.64. The van der Waals surface area contributed by atoms with E-state index >= 15 is 0 Å². The average molecular weight is 363 g/mol. The Labute approximate surface area is 136 Å². The monoisotopic (exact) mass is 362 g/mol. The molecule has 1 amide bonds. The fourth-order valence-electron chi connectivity index (χ4n) is 1.89. The topological polar surface area (TPSA) is 69.6 Å². The number of benzene rings is 2. The van der Waals surface area contributed by atoms with Gasteiger partial charge in [-0.15, -0.1) is 0 Å². The quantitative estimate of drug-likeness (QED) is 0.873. The lowest BCUT2D eigenvalue weighted by Crippen LogP contribution is -2.16. The average Bonchev–Trinajstić information content (AvgIpc) is 2.47. The number of rotatable bonds is 4. The molecule has 2 rings (SSSR count). The van der Waals surface area contributed by atoms with Gasteiger partial charge in [0.15, 0.2) is 0 Å². The molecule has 0 saturated heterocycles. The van der Waals surface area contributed by atoms with Gasteiger partial charge in [0.2, 0.25) is 0 Å². The van der Waals surface area contributed by atoms with Crippen molar-refractivity contribution in [3.63, 3.8) is 0 Å². The van der Waals surface area contributed by atoms with Crippen LogP contribution in [-0.2, 0) is 0 Å². The van der Waals surface area contributed by atoms with Crippen LogP contribution in [0.15, 0.2) is 46.9 Å². The summed E-state index contributed by atoms with van der Waals surface area (Å²) in [6, 6.07) is 11.7. The predicted octanol–water partition coefficient (Wildman–Crippen LogP) is 3.47. The minimum atomic E-state index is -1.09. The number of aromatic carboxylic acids is 1. The van der Waals surface area contributed by atoms with E-state index in [4.69, 9.17) is 0 Å². The van der Waals surface area contributed by atoms with Crippen molar-refractivity contribution < 1.29 is 14.7 Å². The van der Waals surface area contributed by atoms with Gasteiger partial charge in [-0.25, -0.2) is 4.79 Å². The van der Waals surface area contributed by atoms with Crippen LogP contribution in [0.5, 0.6) is 0 Å². The van der Waals surface area contributed by atoms with Crippen LogP contribution in [0.4, 0.5) is 11.4 Å². The third-order valence-electron chi connectivity index (χ3n) is 3.10. The smallest absolute Gasteiger partial charge is 0.337 e. The van der Waals surface area contributed by atoms with Crippen LogP contribution < -0.4 is 10.2 Å². The van der Waals surface area contributed by atoms with Gasteiger partial charge < -0.3 is 15.3 Å². The van der Waals surface area contributed by atoms with Gasteiger partial charge in [-0.05, 0) is 42.5 Å². The Morgan fingerprint density at radius 3 is 2.27 bits per heavy atom. The first-order chi connectivity index (χ1) is 10.4. The summed E-state index contributed by atoms with van der Waals surface area (Å²) < 4.78 is 0.866. The summed E-state index contributed by atoms with van der Waals surface area (Å²) in [6.07, 6.45) is 0. The number of nitrogens with one attached hydrogen (secondary N) is 1. The molecule has 0 unspecified atom stereocenters. The van der Waals surface area contributed by atoms with Crippen LogP contribution in [0.1, 0.15) is 20.7 Å². The Balaban J connectivity index is 2.30. The first kappa shape index (κ1) is 16.0. The van der Waals surface area contributed by atoms with Crippen molar-refractivity contribution in [2.75, 3.05) is 24.3 Å². The summed E-state index contributed by atoms with van der Waals surface area (Å²) >= 11 is 3.30. The van der Waals surface area contributed by atoms with E-state index in [9.17, 15) is 14.7 Å². The van der Waals surface area contributed by atoms with E-state index in [1.54, 1.807) is 41.3 Å². The Morgan fingerprint density at radius 1 is 1.09 bits per heavy atom. The number of anilines is 2. The second-order valence-electron chi connectivity index (χ2n) is 4.89. The molecule has 0 radical (unpaired) electrons. The van der Waals surface area contributed by atoms with Gasteiger partial charge in [0.1, 0.15) is 0 Å². The second-order valence-corrected chi connectivity index (χ2v) is 5.81. The molecule has 0 bridgehead atoms. The molecule has 0 aliphatic heterocycles.